The molecule has 0 saturated heterocycles. The Kier molecular flexibility index (Phi) is 4.11. The van der Waals surface area contributed by atoms with Crippen molar-refractivity contribution in [2.75, 3.05) is 6.54 Å². The van der Waals surface area contributed by atoms with Gasteiger partial charge in [-0.1, -0.05) is 12.1 Å². The minimum Gasteiger partial charge on any atom is -0.464 e. The lowest BCUT2D eigenvalue weighted by Gasteiger charge is -2.27. The Morgan fingerprint density at radius 2 is 2.00 bits per heavy atom. The van der Waals surface area contributed by atoms with Crippen molar-refractivity contribution in [2.24, 2.45) is 0 Å². The van der Waals surface area contributed by atoms with Crippen LogP contribution in [-0.4, -0.2) is 21.4 Å². The van der Waals surface area contributed by atoms with E-state index in [1.165, 1.54) is 6.26 Å². The Morgan fingerprint density at radius 3 is 2.78 bits per heavy atom. The summed E-state index contributed by atoms with van der Waals surface area (Å²) < 4.78 is 43.8. The number of para-hydroxylation sites is 1. The Bertz CT molecular complexity index is 1130. The summed E-state index contributed by atoms with van der Waals surface area (Å²) in [4.78, 5) is 31.8. The fourth-order valence-electron chi connectivity index (χ4n) is 3.22. The molecule has 4 rings (SSSR count). The van der Waals surface area contributed by atoms with Gasteiger partial charge in [0.25, 0.3) is 5.56 Å². The van der Waals surface area contributed by atoms with Gasteiger partial charge < -0.3 is 9.40 Å². The maximum Gasteiger partial charge on any atom is 0.449 e. The molecule has 140 valence electrons. The molecule has 0 amide bonds. The van der Waals surface area contributed by atoms with Crippen molar-refractivity contribution in [1.82, 2.24) is 14.9 Å². The molecule has 0 radical (unpaired) electrons. The number of aromatic amines is 1. The van der Waals surface area contributed by atoms with Crippen LogP contribution in [0.2, 0.25) is 0 Å². The predicted molar refractivity (Wildman–Crippen MR) is 90.2 cm³/mol. The summed E-state index contributed by atoms with van der Waals surface area (Å²) >= 11 is 0. The summed E-state index contributed by atoms with van der Waals surface area (Å²) in [5.41, 5.74) is 0.279. The van der Waals surface area contributed by atoms with Crippen molar-refractivity contribution in [3.8, 4) is 0 Å². The Labute approximate surface area is 150 Å². The first-order valence-corrected chi connectivity index (χ1v) is 8.24. The van der Waals surface area contributed by atoms with Crippen molar-refractivity contribution in [1.29, 1.82) is 0 Å². The molecular weight excluding hydrogens is 363 g/mol. The highest BCUT2D eigenvalue weighted by molar-refractivity contribution is 5.76. The second kappa shape index (κ2) is 6.34. The maximum atomic E-state index is 12.8. The molecule has 27 heavy (non-hydrogen) atoms. The molecule has 3 aromatic rings. The van der Waals surface area contributed by atoms with Crippen LogP contribution < -0.4 is 11.0 Å². The van der Waals surface area contributed by atoms with E-state index in [9.17, 15) is 22.8 Å². The third kappa shape index (κ3) is 3.25. The van der Waals surface area contributed by atoms with Crippen LogP contribution in [0.5, 0.6) is 0 Å². The summed E-state index contributed by atoms with van der Waals surface area (Å²) in [6.45, 7) is 0.724. The number of nitrogens with one attached hydrogen (secondary N) is 1. The van der Waals surface area contributed by atoms with Gasteiger partial charge in [0.2, 0.25) is 5.82 Å². The first-order chi connectivity index (χ1) is 12.8. The number of H-pyrrole nitrogens is 1. The van der Waals surface area contributed by atoms with Crippen LogP contribution in [0.3, 0.4) is 0 Å². The Balaban J connectivity index is 1.62. The van der Waals surface area contributed by atoms with Gasteiger partial charge in [-0.05, 0) is 12.1 Å². The first kappa shape index (κ1) is 17.5. The molecule has 1 aliphatic rings. The van der Waals surface area contributed by atoms with Crippen molar-refractivity contribution in [3.05, 3.63) is 73.8 Å². The van der Waals surface area contributed by atoms with Crippen LogP contribution >= 0.6 is 0 Å². The second-order valence-corrected chi connectivity index (χ2v) is 6.38. The largest absolute Gasteiger partial charge is 0.464 e. The van der Waals surface area contributed by atoms with E-state index in [2.05, 4.69) is 4.98 Å². The number of hydrogen-bond acceptors (Lipinski definition) is 5. The van der Waals surface area contributed by atoms with Gasteiger partial charge in [-0.2, -0.15) is 13.2 Å². The molecule has 1 aliphatic heterocycles. The first-order valence-electron chi connectivity index (χ1n) is 8.24. The highest BCUT2D eigenvalue weighted by atomic mass is 19.4. The van der Waals surface area contributed by atoms with E-state index in [0.29, 0.717) is 23.1 Å². The van der Waals surface area contributed by atoms with Crippen LogP contribution in [0.1, 0.15) is 22.6 Å². The van der Waals surface area contributed by atoms with Crippen LogP contribution in [0.15, 0.2) is 44.5 Å². The highest BCUT2D eigenvalue weighted by Crippen LogP contribution is 2.26. The molecule has 0 saturated carbocycles. The monoisotopic (exact) mass is 377 g/mol. The summed E-state index contributed by atoms with van der Waals surface area (Å²) in [6.07, 6.45) is -3.12. The van der Waals surface area contributed by atoms with Gasteiger partial charge in [0.1, 0.15) is 5.58 Å². The lowest BCUT2D eigenvalue weighted by Crippen LogP contribution is -2.37. The van der Waals surface area contributed by atoms with E-state index in [4.69, 9.17) is 4.42 Å². The third-order valence-corrected chi connectivity index (χ3v) is 4.56. The molecule has 9 heteroatoms. The van der Waals surface area contributed by atoms with Crippen molar-refractivity contribution >= 4 is 11.0 Å². The van der Waals surface area contributed by atoms with Gasteiger partial charge in [-0.15, -0.1) is 0 Å². The number of alkyl halides is 3. The lowest BCUT2D eigenvalue weighted by atomic mass is 10.1. The molecule has 0 spiro atoms. The maximum absolute atomic E-state index is 12.8. The highest BCUT2D eigenvalue weighted by Gasteiger charge is 2.36. The molecule has 0 fully saturated rings. The van der Waals surface area contributed by atoms with E-state index < -0.39 is 17.6 Å². The fourth-order valence-corrected chi connectivity index (χ4v) is 3.22. The summed E-state index contributed by atoms with van der Waals surface area (Å²) in [5.74, 6) is -1.28. The number of halogens is 3. The average molecular weight is 377 g/mol. The molecule has 2 aromatic heterocycles. The smallest absolute Gasteiger partial charge is 0.449 e. The molecular formula is C18H14F3N3O3. The van der Waals surface area contributed by atoms with E-state index in [1.807, 2.05) is 4.90 Å². The molecule has 0 unspecified atom stereocenters. The Hall–Kier alpha value is -2.94. The molecule has 1 aromatic carbocycles. The van der Waals surface area contributed by atoms with Crippen LogP contribution in [0.25, 0.3) is 11.0 Å². The lowest BCUT2D eigenvalue weighted by molar-refractivity contribution is -0.145. The quantitative estimate of drug-likeness (QED) is 0.742. The number of benzene rings is 1. The van der Waals surface area contributed by atoms with Gasteiger partial charge in [0, 0.05) is 31.6 Å². The van der Waals surface area contributed by atoms with Gasteiger partial charge in [-0.25, -0.2) is 4.98 Å². The van der Waals surface area contributed by atoms with Crippen LogP contribution in [-0.2, 0) is 25.7 Å². The van der Waals surface area contributed by atoms with Gasteiger partial charge in [0.15, 0.2) is 5.43 Å². The average Bonchev–Trinajstić information content (AvgIpc) is 2.64. The third-order valence-electron chi connectivity index (χ3n) is 4.56. The van der Waals surface area contributed by atoms with E-state index in [1.54, 1.807) is 29.2 Å². The molecule has 6 nitrogen and oxygen atoms in total. The SMILES string of the molecule is O=c1[nH]c(C(F)(F)F)nc2c1CN(Cc1coc3ccccc3c1=O)CC2. The molecule has 0 bridgehead atoms. The summed E-state index contributed by atoms with van der Waals surface area (Å²) in [6, 6.07) is 6.87. The zero-order valence-electron chi connectivity index (χ0n) is 14.0. The molecule has 0 atom stereocenters. The predicted octanol–water partition coefficient (Wildman–Crippen LogP) is 2.45. The van der Waals surface area contributed by atoms with Crippen molar-refractivity contribution in [3.63, 3.8) is 0 Å². The van der Waals surface area contributed by atoms with Crippen LogP contribution in [0.4, 0.5) is 13.2 Å². The zero-order valence-corrected chi connectivity index (χ0v) is 14.0. The fraction of sp³-hybridized carbons (Fsp3) is 0.278. The second-order valence-electron chi connectivity index (χ2n) is 6.38. The van der Waals surface area contributed by atoms with E-state index >= 15 is 0 Å². The zero-order chi connectivity index (χ0) is 19.2. The van der Waals surface area contributed by atoms with Gasteiger partial charge in [-0.3, -0.25) is 14.5 Å². The number of hydrogen-bond donors (Lipinski definition) is 1. The minimum atomic E-state index is -4.70. The summed E-state index contributed by atoms with van der Waals surface area (Å²) in [7, 11) is 0. The van der Waals surface area contributed by atoms with Crippen LogP contribution in [0, 0.1) is 0 Å². The normalized spacial score (nSPS) is 15.1. The van der Waals surface area contributed by atoms with Gasteiger partial charge in [0.05, 0.1) is 22.9 Å². The Morgan fingerprint density at radius 1 is 1.22 bits per heavy atom. The van der Waals surface area contributed by atoms with E-state index in [0.717, 1.165) is 0 Å². The minimum absolute atomic E-state index is 0.113. The summed E-state index contributed by atoms with van der Waals surface area (Å²) in [5, 5.41) is 0.460. The number of nitrogens with zero attached hydrogens (tertiary/aromatic N) is 2. The number of aromatic nitrogens is 2. The molecule has 1 N–H and O–H groups in total. The number of fused-ring (bicyclic) bond motifs is 2. The van der Waals surface area contributed by atoms with Crippen molar-refractivity contribution in [2.45, 2.75) is 25.7 Å². The topological polar surface area (TPSA) is 79.2 Å². The number of rotatable bonds is 2. The standard InChI is InChI=1S/C18H14F3N3O3/c19-18(20,21)17-22-13-5-6-24(8-12(13)16(26)23-17)7-10-9-27-14-4-2-1-3-11(14)15(10)25/h1-4,9H,5-8H2,(H,22,23,26). The van der Waals surface area contributed by atoms with Crippen molar-refractivity contribution < 1.29 is 17.6 Å². The molecule has 3 heterocycles. The van der Waals surface area contributed by atoms with E-state index in [-0.39, 0.29) is 36.2 Å². The molecule has 0 aliphatic carbocycles. The van der Waals surface area contributed by atoms with Gasteiger partial charge >= 0.3 is 6.18 Å².